The first-order valence-electron chi connectivity index (χ1n) is 9.24. The van der Waals surface area contributed by atoms with Crippen LogP contribution in [0.1, 0.15) is 5.56 Å². The maximum Gasteiger partial charge on any atom is 0.243 e. The summed E-state index contributed by atoms with van der Waals surface area (Å²) in [5.74, 6) is -0.584. The molecule has 3 aromatic rings. The van der Waals surface area contributed by atoms with Crippen molar-refractivity contribution in [2.45, 2.75) is 6.92 Å². The summed E-state index contributed by atoms with van der Waals surface area (Å²) in [5, 5.41) is 9.09. The first kappa shape index (κ1) is 20.4. The zero-order valence-corrected chi connectivity index (χ0v) is 16.8. The lowest BCUT2D eigenvalue weighted by molar-refractivity contribution is -0.122. The van der Waals surface area contributed by atoms with Gasteiger partial charge in [-0.1, -0.05) is 66.2 Å². The van der Waals surface area contributed by atoms with Crippen LogP contribution >= 0.6 is 11.6 Å². The molecule has 3 aromatic carbocycles. The lowest BCUT2D eigenvalue weighted by atomic mass is 10.0. The van der Waals surface area contributed by atoms with Crippen molar-refractivity contribution < 1.29 is 9.59 Å². The van der Waals surface area contributed by atoms with E-state index in [1.54, 1.807) is 18.2 Å². The quantitative estimate of drug-likeness (QED) is 0.540. The van der Waals surface area contributed by atoms with E-state index in [2.05, 4.69) is 16.0 Å². The molecule has 0 radical (unpaired) electrons. The average molecular weight is 408 g/mol. The molecule has 3 N–H and O–H groups in total. The Labute approximate surface area is 175 Å². The van der Waals surface area contributed by atoms with Crippen LogP contribution < -0.4 is 16.0 Å². The second-order valence-corrected chi connectivity index (χ2v) is 6.91. The fourth-order valence-electron chi connectivity index (χ4n) is 2.86. The molecule has 0 aliphatic heterocycles. The van der Waals surface area contributed by atoms with Gasteiger partial charge in [0.15, 0.2) is 0 Å². The minimum absolute atomic E-state index is 0.0628. The number of anilines is 2. The predicted octanol–water partition coefficient (Wildman–Crippen LogP) is 4.48. The molecule has 29 heavy (non-hydrogen) atoms. The summed E-state index contributed by atoms with van der Waals surface area (Å²) in [5.41, 5.74) is 4.34. The molecule has 148 valence electrons. The summed E-state index contributed by atoms with van der Waals surface area (Å²) < 4.78 is 0. The van der Waals surface area contributed by atoms with Gasteiger partial charge < -0.3 is 16.0 Å². The number of benzene rings is 3. The Kier molecular flexibility index (Phi) is 6.87. The highest BCUT2D eigenvalue weighted by molar-refractivity contribution is 6.31. The molecular formula is C23H22ClN3O2. The maximum atomic E-state index is 12.2. The number of carbonyl (C=O) groups is 2. The molecule has 0 atom stereocenters. The number of hydrogen-bond donors (Lipinski definition) is 3. The molecule has 0 saturated carbocycles. The molecule has 0 aliphatic carbocycles. The summed E-state index contributed by atoms with van der Waals surface area (Å²) >= 11 is 6.05. The van der Waals surface area contributed by atoms with Crippen molar-refractivity contribution in [1.82, 2.24) is 5.32 Å². The largest absolute Gasteiger partial charge is 0.376 e. The molecule has 0 bridgehead atoms. The van der Waals surface area contributed by atoms with Crippen LogP contribution in [-0.4, -0.2) is 24.9 Å². The van der Waals surface area contributed by atoms with Crippen LogP contribution in [0, 0.1) is 6.92 Å². The number of halogens is 1. The van der Waals surface area contributed by atoms with Gasteiger partial charge in [0.1, 0.15) is 0 Å². The van der Waals surface area contributed by atoms with E-state index >= 15 is 0 Å². The first-order valence-corrected chi connectivity index (χ1v) is 9.62. The lowest BCUT2D eigenvalue weighted by Gasteiger charge is -2.13. The van der Waals surface area contributed by atoms with Crippen molar-refractivity contribution in [3.05, 3.63) is 83.4 Å². The van der Waals surface area contributed by atoms with Crippen molar-refractivity contribution >= 4 is 34.8 Å². The van der Waals surface area contributed by atoms with E-state index in [4.69, 9.17) is 11.6 Å². The minimum Gasteiger partial charge on any atom is -0.376 e. The van der Waals surface area contributed by atoms with Gasteiger partial charge in [-0.25, -0.2) is 0 Å². The monoisotopic (exact) mass is 407 g/mol. The van der Waals surface area contributed by atoms with Gasteiger partial charge in [0, 0.05) is 22.0 Å². The SMILES string of the molecule is Cc1c(Cl)cccc1NC(=O)CNC(=O)CNc1ccccc1-c1ccccc1. The number of amides is 2. The van der Waals surface area contributed by atoms with Gasteiger partial charge in [0.2, 0.25) is 11.8 Å². The Balaban J connectivity index is 1.52. The Morgan fingerprint density at radius 3 is 2.28 bits per heavy atom. The average Bonchev–Trinajstić information content (AvgIpc) is 2.75. The van der Waals surface area contributed by atoms with E-state index in [0.717, 1.165) is 22.4 Å². The third-order valence-corrected chi connectivity index (χ3v) is 4.85. The summed E-state index contributed by atoms with van der Waals surface area (Å²) in [6.45, 7) is 1.77. The highest BCUT2D eigenvalue weighted by atomic mass is 35.5. The zero-order chi connectivity index (χ0) is 20.6. The van der Waals surface area contributed by atoms with E-state index in [1.807, 2.05) is 61.5 Å². The third-order valence-electron chi connectivity index (χ3n) is 4.44. The van der Waals surface area contributed by atoms with Gasteiger partial charge in [0.05, 0.1) is 13.1 Å². The first-order chi connectivity index (χ1) is 14.0. The molecule has 0 saturated heterocycles. The smallest absolute Gasteiger partial charge is 0.243 e. The molecule has 0 heterocycles. The Morgan fingerprint density at radius 1 is 0.793 bits per heavy atom. The molecular weight excluding hydrogens is 386 g/mol. The van der Waals surface area contributed by atoms with Crippen LogP contribution in [0.25, 0.3) is 11.1 Å². The summed E-state index contributed by atoms with van der Waals surface area (Å²) in [4.78, 5) is 24.3. The van der Waals surface area contributed by atoms with Crippen molar-refractivity contribution in [1.29, 1.82) is 0 Å². The van der Waals surface area contributed by atoms with E-state index in [0.29, 0.717) is 10.7 Å². The van der Waals surface area contributed by atoms with Gasteiger partial charge in [-0.15, -0.1) is 0 Å². The lowest BCUT2D eigenvalue weighted by Crippen LogP contribution is -2.36. The number of carbonyl (C=O) groups excluding carboxylic acids is 2. The van der Waals surface area contributed by atoms with Crippen molar-refractivity contribution in [2.24, 2.45) is 0 Å². The second kappa shape index (κ2) is 9.75. The van der Waals surface area contributed by atoms with E-state index in [-0.39, 0.29) is 24.9 Å². The molecule has 0 aromatic heterocycles. The normalized spacial score (nSPS) is 10.3. The Hall–Kier alpha value is -3.31. The molecule has 6 heteroatoms. The molecule has 0 aliphatic rings. The van der Waals surface area contributed by atoms with Crippen LogP contribution in [0.3, 0.4) is 0 Å². The zero-order valence-electron chi connectivity index (χ0n) is 16.0. The van der Waals surface area contributed by atoms with Crippen LogP contribution in [-0.2, 0) is 9.59 Å². The van der Waals surface area contributed by atoms with Crippen LogP contribution in [0.15, 0.2) is 72.8 Å². The minimum atomic E-state index is -0.312. The van der Waals surface area contributed by atoms with Crippen molar-refractivity contribution in [3.63, 3.8) is 0 Å². The van der Waals surface area contributed by atoms with Crippen LogP contribution in [0.4, 0.5) is 11.4 Å². The fourth-order valence-corrected chi connectivity index (χ4v) is 3.04. The molecule has 0 unspecified atom stereocenters. The predicted molar refractivity (Wildman–Crippen MR) is 118 cm³/mol. The van der Waals surface area contributed by atoms with E-state index in [9.17, 15) is 9.59 Å². The topological polar surface area (TPSA) is 70.2 Å². The van der Waals surface area contributed by atoms with Crippen molar-refractivity contribution in [2.75, 3.05) is 23.7 Å². The molecule has 2 amide bonds. The highest BCUT2D eigenvalue weighted by Gasteiger charge is 2.10. The third kappa shape index (κ3) is 5.59. The van der Waals surface area contributed by atoms with Gasteiger partial charge >= 0.3 is 0 Å². The van der Waals surface area contributed by atoms with Crippen molar-refractivity contribution in [3.8, 4) is 11.1 Å². The number of nitrogens with one attached hydrogen (secondary N) is 3. The van der Waals surface area contributed by atoms with E-state index < -0.39 is 0 Å². The van der Waals surface area contributed by atoms with E-state index in [1.165, 1.54) is 0 Å². The molecule has 0 spiro atoms. The summed E-state index contributed by atoms with van der Waals surface area (Å²) in [6.07, 6.45) is 0. The standard InChI is InChI=1S/C23H22ClN3O2/c1-16-19(24)11-7-13-20(16)27-23(29)15-26-22(28)14-25-21-12-6-5-10-18(21)17-8-3-2-4-9-17/h2-13,25H,14-15H2,1H3,(H,26,28)(H,27,29). The maximum absolute atomic E-state index is 12.2. The van der Waals surface area contributed by atoms with Crippen LogP contribution in [0.5, 0.6) is 0 Å². The Bertz CT molecular complexity index is 1010. The highest BCUT2D eigenvalue weighted by Crippen LogP contribution is 2.27. The number of para-hydroxylation sites is 1. The number of rotatable bonds is 7. The van der Waals surface area contributed by atoms with Crippen LogP contribution in [0.2, 0.25) is 5.02 Å². The fraction of sp³-hybridized carbons (Fsp3) is 0.130. The van der Waals surface area contributed by atoms with Gasteiger partial charge in [-0.2, -0.15) is 0 Å². The summed E-state index contributed by atoms with van der Waals surface area (Å²) in [7, 11) is 0. The molecule has 3 rings (SSSR count). The second-order valence-electron chi connectivity index (χ2n) is 6.50. The van der Waals surface area contributed by atoms with Gasteiger partial charge in [-0.05, 0) is 36.2 Å². The summed E-state index contributed by atoms with van der Waals surface area (Å²) in [6, 6.07) is 23.0. The molecule has 5 nitrogen and oxygen atoms in total. The van der Waals surface area contributed by atoms with Gasteiger partial charge in [0.25, 0.3) is 0 Å². The molecule has 0 fully saturated rings. The van der Waals surface area contributed by atoms with Gasteiger partial charge in [-0.3, -0.25) is 9.59 Å². The Morgan fingerprint density at radius 2 is 1.48 bits per heavy atom. The number of hydrogen-bond acceptors (Lipinski definition) is 3.